The number of amides is 2. The molecule has 2 amide bonds. The van der Waals surface area contributed by atoms with E-state index in [1.54, 1.807) is 11.1 Å². The van der Waals surface area contributed by atoms with Gasteiger partial charge in [0.15, 0.2) is 5.82 Å². The van der Waals surface area contributed by atoms with Gasteiger partial charge in [0, 0.05) is 31.9 Å². The lowest BCUT2D eigenvalue weighted by molar-refractivity contribution is -0.0267. The van der Waals surface area contributed by atoms with Gasteiger partial charge in [-0.1, -0.05) is 0 Å². The van der Waals surface area contributed by atoms with Crippen molar-refractivity contribution in [3.63, 3.8) is 0 Å². The molecule has 2 aliphatic rings. The van der Waals surface area contributed by atoms with E-state index in [9.17, 15) is 18.4 Å². The van der Waals surface area contributed by atoms with E-state index in [0.717, 1.165) is 0 Å². The molecule has 0 spiro atoms. The van der Waals surface area contributed by atoms with Crippen LogP contribution in [0.2, 0.25) is 0 Å². The van der Waals surface area contributed by atoms with E-state index in [-0.39, 0.29) is 36.6 Å². The van der Waals surface area contributed by atoms with E-state index in [0.29, 0.717) is 31.3 Å². The summed E-state index contributed by atoms with van der Waals surface area (Å²) >= 11 is 0. The summed E-state index contributed by atoms with van der Waals surface area (Å²) in [5.41, 5.74) is -0.271. The van der Waals surface area contributed by atoms with E-state index in [1.165, 1.54) is 29.4 Å². The first-order chi connectivity index (χ1) is 16.4. The number of halogens is 2. The smallest absolute Gasteiger partial charge is 0.410 e. The molecule has 188 valence electrons. The highest BCUT2D eigenvalue weighted by atomic mass is 19.3. The molecule has 0 unspecified atom stereocenters. The maximum Gasteiger partial charge on any atom is 0.410 e. The molecule has 35 heavy (non-hydrogen) atoms. The number of ether oxygens (including phenoxy) is 1. The second-order valence-electron chi connectivity index (χ2n) is 9.80. The Morgan fingerprint density at radius 1 is 1.06 bits per heavy atom. The number of hydrogen-bond acceptors (Lipinski definition) is 8. The van der Waals surface area contributed by atoms with Gasteiger partial charge in [0.1, 0.15) is 17.2 Å². The average Bonchev–Trinajstić information content (AvgIpc) is 2.77. The van der Waals surface area contributed by atoms with Gasteiger partial charge < -0.3 is 24.8 Å². The summed E-state index contributed by atoms with van der Waals surface area (Å²) in [6.45, 7) is 8.32. The summed E-state index contributed by atoms with van der Waals surface area (Å²) in [6.07, 6.45) is 4.04. The number of alkyl halides is 2. The van der Waals surface area contributed by atoms with E-state index >= 15 is 0 Å². The van der Waals surface area contributed by atoms with Crippen molar-refractivity contribution >= 4 is 29.5 Å². The van der Waals surface area contributed by atoms with Crippen LogP contribution in [0.1, 0.15) is 38.1 Å². The number of piperazine rings is 1. The Balaban J connectivity index is 1.31. The molecule has 2 aliphatic heterocycles. The molecule has 4 heterocycles. The van der Waals surface area contributed by atoms with Crippen molar-refractivity contribution in [3.8, 4) is 0 Å². The van der Waals surface area contributed by atoms with Gasteiger partial charge >= 0.3 is 6.09 Å². The predicted molar refractivity (Wildman–Crippen MR) is 126 cm³/mol. The fraction of sp³-hybridized carbons (Fsp3) is 0.522. The number of hydrogen-bond donors (Lipinski definition) is 1. The summed E-state index contributed by atoms with van der Waals surface area (Å²) in [5, 5.41) is 2.66. The van der Waals surface area contributed by atoms with Crippen molar-refractivity contribution < 1.29 is 23.1 Å². The molecule has 0 radical (unpaired) electrons. The van der Waals surface area contributed by atoms with Gasteiger partial charge in [-0.15, -0.1) is 0 Å². The Morgan fingerprint density at radius 3 is 2.31 bits per heavy atom. The van der Waals surface area contributed by atoms with Gasteiger partial charge in [0.25, 0.3) is 11.8 Å². The SMILES string of the molecule is C[C@H]1CN(C(=O)OC(C)(C)C)CCN1c1cnc(NC(=O)c2ccc(N3CC(F)(F)C3)nc2)cn1. The number of carbonyl (C=O) groups excluding carboxylic acids is 2. The van der Waals surface area contributed by atoms with E-state index in [4.69, 9.17) is 4.74 Å². The molecule has 10 nitrogen and oxygen atoms in total. The van der Waals surface area contributed by atoms with Crippen molar-refractivity contribution in [3.05, 3.63) is 36.3 Å². The number of carbonyl (C=O) groups is 2. The zero-order chi connectivity index (χ0) is 25.4. The minimum atomic E-state index is -2.69. The van der Waals surface area contributed by atoms with Crippen LogP contribution in [0.5, 0.6) is 0 Å². The molecule has 2 fully saturated rings. The van der Waals surface area contributed by atoms with Crippen molar-refractivity contribution in [1.82, 2.24) is 19.9 Å². The lowest BCUT2D eigenvalue weighted by Crippen LogP contribution is -2.56. The van der Waals surface area contributed by atoms with Crippen LogP contribution in [0.3, 0.4) is 0 Å². The third-order valence-electron chi connectivity index (χ3n) is 5.63. The van der Waals surface area contributed by atoms with Gasteiger partial charge in [0.2, 0.25) is 0 Å². The highest BCUT2D eigenvalue weighted by Crippen LogP contribution is 2.30. The summed E-state index contributed by atoms with van der Waals surface area (Å²) in [4.78, 5) is 42.8. The summed E-state index contributed by atoms with van der Waals surface area (Å²) in [6, 6.07) is 3.07. The number of anilines is 3. The minimum absolute atomic E-state index is 0.00181. The van der Waals surface area contributed by atoms with Crippen molar-refractivity contribution in [1.29, 1.82) is 0 Å². The fourth-order valence-corrected chi connectivity index (χ4v) is 3.89. The number of rotatable bonds is 4. The van der Waals surface area contributed by atoms with Crippen LogP contribution in [0, 0.1) is 0 Å². The minimum Gasteiger partial charge on any atom is -0.444 e. The maximum absolute atomic E-state index is 13.0. The second-order valence-corrected chi connectivity index (χ2v) is 9.80. The van der Waals surface area contributed by atoms with E-state index < -0.39 is 17.4 Å². The topological polar surface area (TPSA) is 104 Å². The lowest BCUT2D eigenvalue weighted by Gasteiger charge is -2.40. The zero-order valence-corrected chi connectivity index (χ0v) is 20.2. The van der Waals surface area contributed by atoms with Crippen molar-refractivity contribution in [2.45, 2.75) is 45.3 Å². The van der Waals surface area contributed by atoms with Gasteiger partial charge in [0.05, 0.1) is 31.0 Å². The zero-order valence-electron chi connectivity index (χ0n) is 20.2. The molecule has 0 aliphatic carbocycles. The highest BCUT2D eigenvalue weighted by Gasteiger charge is 2.44. The Labute approximate surface area is 202 Å². The summed E-state index contributed by atoms with van der Waals surface area (Å²) in [7, 11) is 0. The van der Waals surface area contributed by atoms with Crippen molar-refractivity contribution in [2.75, 3.05) is 47.8 Å². The third kappa shape index (κ3) is 5.92. The molecule has 4 rings (SSSR count). The van der Waals surface area contributed by atoms with Gasteiger partial charge in [-0.05, 0) is 39.8 Å². The first kappa shape index (κ1) is 24.6. The van der Waals surface area contributed by atoms with E-state index in [1.807, 2.05) is 32.6 Å². The predicted octanol–water partition coefficient (Wildman–Crippen LogP) is 3.02. The van der Waals surface area contributed by atoms with Gasteiger partial charge in [-0.2, -0.15) is 0 Å². The summed E-state index contributed by atoms with van der Waals surface area (Å²) in [5.74, 6) is -1.81. The molecule has 1 atom stereocenters. The Hall–Kier alpha value is -3.57. The summed E-state index contributed by atoms with van der Waals surface area (Å²) < 4.78 is 31.5. The quantitative estimate of drug-likeness (QED) is 0.699. The molecule has 2 aromatic heterocycles. The third-order valence-corrected chi connectivity index (χ3v) is 5.63. The molecule has 2 aromatic rings. The first-order valence-electron chi connectivity index (χ1n) is 11.4. The monoisotopic (exact) mass is 489 g/mol. The molecular weight excluding hydrogens is 460 g/mol. The van der Waals surface area contributed by atoms with Crippen LogP contribution >= 0.6 is 0 Å². The average molecular weight is 490 g/mol. The fourth-order valence-electron chi connectivity index (χ4n) is 3.89. The normalized spacial score (nSPS) is 19.7. The Kier molecular flexibility index (Phi) is 6.48. The van der Waals surface area contributed by atoms with Crippen LogP contribution in [0.15, 0.2) is 30.7 Å². The molecule has 0 bridgehead atoms. The highest BCUT2D eigenvalue weighted by molar-refractivity contribution is 6.03. The molecule has 12 heteroatoms. The number of nitrogens with one attached hydrogen (secondary N) is 1. The molecule has 0 aromatic carbocycles. The first-order valence-corrected chi connectivity index (χ1v) is 11.4. The number of pyridine rings is 1. The number of nitrogens with zero attached hydrogens (tertiary/aromatic N) is 6. The standard InChI is InChI=1S/C23H29F2N7O3/c1-15-12-30(21(34)35-22(2,3)4)7-8-32(15)19-11-26-17(10-28-19)29-20(33)16-5-6-18(27-9-16)31-13-23(24,25)14-31/h5-6,9-11,15H,7-8,12-14H2,1-4H3,(H,26,29,33)/t15-/m0/s1. The van der Waals surface area contributed by atoms with E-state index in [2.05, 4.69) is 20.3 Å². The Morgan fingerprint density at radius 2 is 1.77 bits per heavy atom. The van der Waals surface area contributed by atoms with Crippen LogP contribution in [-0.2, 0) is 4.74 Å². The lowest BCUT2D eigenvalue weighted by atomic mass is 10.1. The van der Waals surface area contributed by atoms with Crippen LogP contribution < -0.4 is 15.1 Å². The molecule has 0 saturated carbocycles. The van der Waals surface area contributed by atoms with Gasteiger partial charge in [-0.25, -0.2) is 28.5 Å². The maximum atomic E-state index is 13.0. The van der Waals surface area contributed by atoms with Crippen LogP contribution in [-0.4, -0.2) is 82.1 Å². The second kappa shape index (κ2) is 9.23. The molecular formula is C23H29F2N7O3. The largest absolute Gasteiger partial charge is 0.444 e. The molecule has 1 N–H and O–H groups in total. The van der Waals surface area contributed by atoms with Gasteiger partial charge in [-0.3, -0.25) is 4.79 Å². The van der Waals surface area contributed by atoms with Crippen LogP contribution in [0.4, 0.5) is 31.0 Å². The number of aromatic nitrogens is 3. The molecule has 2 saturated heterocycles. The Bertz CT molecular complexity index is 1070. The van der Waals surface area contributed by atoms with Crippen molar-refractivity contribution in [2.24, 2.45) is 0 Å². The van der Waals surface area contributed by atoms with Crippen LogP contribution in [0.25, 0.3) is 0 Å².